The molecule has 0 aliphatic rings. The lowest BCUT2D eigenvalue weighted by Gasteiger charge is -1.90. The standard InChI is InChI=1S/C5H7NO/c1-5(7-2)3-4-6/h3H,1-2H3/b5-3-. The van der Waals surface area contributed by atoms with E-state index in [1.165, 1.54) is 13.2 Å². The second kappa shape index (κ2) is 3.23. The zero-order chi connectivity index (χ0) is 5.70. The first-order valence-corrected chi connectivity index (χ1v) is 1.91. The minimum atomic E-state index is 0.641. The normalized spacial score (nSPS) is 10.1. The van der Waals surface area contributed by atoms with E-state index in [2.05, 4.69) is 4.74 Å². The molecule has 0 radical (unpaired) electrons. The number of hydrogen-bond donors (Lipinski definition) is 0. The molecule has 0 aromatic rings. The molecule has 0 rings (SSSR count). The smallest absolute Gasteiger partial charge is 0.103 e. The van der Waals surface area contributed by atoms with Gasteiger partial charge in [0.15, 0.2) is 0 Å². The van der Waals surface area contributed by atoms with Gasteiger partial charge in [-0.25, -0.2) is 0 Å². The molecule has 0 heterocycles. The van der Waals surface area contributed by atoms with Gasteiger partial charge in [0.25, 0.3) is 0 Å². The van der Waals surface area contributed by atoms with Crippen molar-refractivity contribution in [1.29, 1.82) is 5.26 Å². The van der Waals surface area contributed by atoms with E-state index in [1.807, 2.05) is 6.07 Å². The molecule has 2 heteroatoms. The molecule has 0 fully saturated rings. The van der Waals surface area contributed by atoms with Crippen molar-refractivity contribution in [2.45, 2.75) is 6.92 Å². The Kier molecular flexibility index (Phi) is 2.78. The first-order chi connectivity index (χ1) is 3.31. The lowest BCUT2D eigenvalue weighted by Crippen LogP contribution is -1.74. The lowest BCUT2D eigenvalue weighted by molar-refractivity contribution is 0.294. The quantitative estimate of drug-likeness (QED) is 0.362. The zero-order valence-corrected chi connectivity index (χ0v) is 4.43. The highest BCUT2D eigenvalue weighted by Crippen LogP contribution is 1.87. The Morgan fingerprint density at radius 2 is 2.43 bits per heavy atom. The van der Waals surface area contributed by atoms with Crippen molar-refractivity contribution in [2.75, 3.05) is 7.11 Å². The van der Waals surface area contributed by atoms with E-state index in [0.29, 0.717) is 5.76 Å². The van der Waals surface area contributed by atoms with Gasteiger partial charge in [-0.1, -0.05) is 0 Å². The molecule has 0 saturated carbocycles. The van der Waals surface area contributed by atoms with Crippen LogP contribution in [0, 0.1) is 11.3 Å². The summed E-state index contributed by atoms with van der Waals surface area (Å²) in [7, 11) is 1.53. The molecule has 0 spiro atoms. The van der Waals surface area contributed by atoms with Gasteiger partial charge in [0.1, 0.15) is 5.76 Å². The van der Waals surface area contributed by atoms with Crippen LogP contribution in [0.15, 0.2) is 11.8 Å². The van der Waals surface area contributed by atoms with E-state index in [1.54, 1.807) is 6.92 Å². The van der Waals surface area contributed by atoms with Gasteiger partial charge < -0.3 is 4.74 Å². The van der Waals surface area contributed by atoms with Crippen molar-refractivity contribution in [1.82, 2.24) is 0 Å². The van der Waals surface area contributed by atoms with Crippen molar-refractivity contribution in [3.63, 3.8) is 0 Å². The Morgan fingerprint density at radius 1 is 1.86 bits per heavy atom. The average Bonchev–Trinajstić information content (AvgIpc) is 1.68. The van der Waals surface area contributed by atoms with E-state index in [0.717, 1.165) is 0 Å². The molecule has 0 bridgehead atoms. The van der Waals surface area contributed by atoms with Crippen LogP contribution in [0.4, 0.5) is 0 Å². The van der Waals surface area contributed by atoms with Gasteiger partial charge in [-0.3, -0.25) is 0 Å². The van der Waals surface area contributed by atoms with Crippen LogP contribution in [-0.4, -0.2) is 7.11 Å². The van der Waals surface area contributed by atoms with Crippen LogP contribution < -0.4 is 0 Å². The maximum absolute atomic E-state index is 7.96. The van der Waals surface area contributed by atoms with Crippen molar-refractivity contribution < 1.29 is 4.74 Å². The van der Waals surface area contributed by atoms with Crippen LogP contribution in [0.3, 0.4) is 0 Å². The predicted molar refractivity (Wildman–Crippen MR) is 26.4 cm³/mol. The van der Waals surface area contributed by atoms with Gasteiger partial charge in [0.2, 0.25) is 0 Å². The van der Waals surface area contributed by atoms with E-state index in [-0.39, 0.29) is 0 Å². The monoisotopic (exact) mass is 97.1 g/mol. The number of hydrogen-bond acceptors (Lipinski definition) is 2. The summed E-state index contributed by atoms with van der Waals surface area (Å²) < 4.78 is 4.63. The number of allylic oxidation sites excluding steroid dienone is 2. The van der Waals surface area contributed by atoms with Crippen molar-refractivity contribution in [2.24, 2.45) is 0 Å². The second-order valence-corrected chi connectivity index (χ2v) is 1.09. The summed E-state index contributed by atoms with van der Waals surface area (Å²) >= 11 is 0. The Balaban J connectivity index is 3.56. The fraction of sp³-hybridized carbons (Fsp3) is 0.400. The Labute approximate surface area is 43.0 Å². The third kappa shape index (κ3) is 2.84. The third-order valence-corrected chi connectivity index (χ3v) is 0.590. The van der Waals surface area contributed by atoms with Gasteiger partial charge in [-0.15, -0.1) is 0 Å². The Bertz CT molecular complexity index is 110. The first-order valence-electron chi connectivity index (χ1n) is 1.91. The maximum atomic E-state index is 7.96. The Hall–Kier alpha value is -0.970. The molecule has 2 nitrogen and oxygen atoms in total. The van der Waals surface area contributed by atoms with Crippen LogP contribution in [-0.2, 0) is 4.74 Å². The van der Waals surface area contributed by atoms with Crippen LogP contribution in [0.5, 0.6) is 0 Å². The topological polar surface area (TPSA) is 33.0 Å². The SMILES string of the molecule is CO/C(C)=C\C#N. The summed E-state index contributed by atoms with van der Waals surface area (Å²) in [5.74, 6) is 0.641. The Morgan fingerprint density at radius 3 is 2.57 bits per heavy atom. The predicted octanol–water partition coefficient (Wildman–Crippen LogP) is 1.06. The van der Waals surface area contributed by atoms with Crippen molar-refractivity contribution in [3.05, 3.63) is 11.8 Å². The molecule has 7 heavy (non-hydrogen) atoms. The molecule has 0 unspecified atom stereocenters. The van der Waals surface area contributed by atoms with Crippen molar-refractivity contribution >= 4 is 0 Å². The van der Waals surface area contributed by atoms with Gasteiger partial charge in [-0.05, 0) is 6.92 Å². The molecule has 0 aromatic carbocycles. The van der Waals surface area contributed by atoms with Gasteiger partial charge in [0, 0.05) is 0 Å². The molecule has 0 saturated heterocycles. The minimum absolute atomic E-state index is 0.641. The number of nitriles is 1. The molecule has 0 amide bonds. The molecule has 0 N–H and O–H groups in total. The van der Waals surface area contributed by atoms with Crippen LogP contribution >= 0.6 is 0 Å². The van der Waals surface area contributed by atoms with E-state index < -0.39 is 0 Å². The van der Waals surface area contributed by atoms with Crippen molar-refractivity contribution in [3.8, 4) is 6.07 Å². The lowest BCUT2D eigenvalue weighted by atomic mass is 10.5. The number of methoxy groups -OCH3 is 1. The van der Waals surface area contributed by atoms with Crippen LogP contribution in [0.2, 0.25) is 0 Å². The summed E-state index contributed by atoms with van der Waals surface area (Å²) in [6, 6.07) is 1.83. The number of rotatable bonds is 1. The highest BCUT2D eigenvalue weighted by atomic mass is 16.5. The summed E-state index contributed by atoms with van der Waals surface area (Å²) in [6.45, 7) is 1.73. The van der Waals surface area contributed by atoms with Gasteiger partial charge in [0.05, 0.1) is 19.3 Å². The average molecular weight is 97.1 g/mol. The molecular weight excluding hydrogens is 90.1 g/mol. The maximum Gasteiger partial charge on any atom is 0.103 e. The minimum Gasteiger partial charge on any atom is -0.501 e. The van der Waals surface area contributed by atoms with E-state index in [9.17, 15) is 0 Å². The highest BCUT2D eigenvalue weighted by molar-refractivity contribution is 5.05. The fourth-order valence-corrected chi connectivity index (χ4v) is 0.150. The summed E-state index contributed by atoms with van der Waals surface area (Å²) in [4.78, 5) is 0. The fourth-order valence-electron chi connectivity index (χ4n) is 0.150. The summed E-state index contributed by atoms with van der Waals surface area (Å²) in [5.41, 5.74) is 0. The largest absolute Gasteiger partial charge is 0.501 e. The zero-order valence-electron chi connectivity index (χ0n) is 4.43. The van der Waals surface area contributed by atoms with E-state index in [4.69, 9.17) is 5.26 Å². The molecule has 0 aliphatic heterocycles. The summed E-state index contributed by atoms with van der Waals surface area (Å²) in [6.07, 6.45) is 1.35. The molecule has 0 aliphatic carbocycles. The van der Waals surface area contributed by atoms with Crippen LogP contribution in [0.25, 0.3) is 0 Å². The molecule has 0 aromatic heterocycles. The third-order valence-electron chi connectivity index (χ3n) is 0.590. The molecule has 38 valence electrons. The van der Waals surface area contributed by atoms with E-state index >= 15 is 0 Å². The number of ether oxygens (including phenoxy) is 1. The second-order valence-electron chi connectivity index (χ2n) is 1.09. The molecule has 0 atom stereocenters. The van der Waals surface area contributed by atoms with Gasteiger partial charge >= 0.3 is 0 Å². The molecular formula is C5H7NO. The number of nitrogens with zero attached hydrogens (tertiary/aromatic N) is 1. The highest BCUT2D eigenvalue weighted by Gasteiger charge is 1.76. The van der Waals surface area contributed by atoms with Crippen LogP contribution in [0.1, 0.15) is 6.92 Å². The van der Waals surface area contributed by atoms with Gasteiger partial charge in [-0.2, -0.15) is 5.26 Å². The first kappa shape index (κ1) is 6.03. The summed E-state index contributed by atoms with van der Waals surface area (Å²) in [5, 5.41) is 7.96.